The predicted molar refractivity (Wildman–Crippen MR) is 79.4 cm³/mol. The summed E-state index contributed by atoms with van der Waals surface area (Å²) in [6.07, 6.45) is 0. The van der Waals surface area contributed by atoms with E-state index in [2.05, 4.69) is 0 Å². The highest BCUT2D eigenvalue weighted by atomic mass is 35.5. The number of halogens is 2. The van der Waals surface area contributed by atoms with Crippen molar-refractivity contribution in [1.82, 2.24) is 0 Å². The van der Waals surface area contributed by atoms with Gasteiger partial charge in [-0.1, -0.05) is 23.7 Å². The molecular weight excluding hydrogens is 287 g/mol. The van der Waals surface area contributed by atoms with Crippen LogP contribution in [0.2, 0.25) is 5.02 Å². The van der Waals surface area contributed by atoms with E-state index in [1.807, 2.05) is 43.5 Å². The van der Waals surface area contributed by atoms with Crippen LogP contribution in [0, 0.1) is 6.92 Å². The Bertz CT molecular complexity index is 519. The highest BCUT2D eigenvalue weighted by molar-refractivity contribution is 7.11. The van der Waals surface area contributed by atoms with Crippen LogP contribution in [0.5, 0.6) is 5.75 Å². The number of benzene rings is 1. The van der Waals surface area contributed by atoms with Gasteiger partial charge < -0.3 is 4.74 Å². The third-order valence-corrected chi connectivity index (χ3v) is 5.02. The normalized spacial score (nSPS) is 12.4. The average molecular weight is 301 g/mol. The average Bonchev–Trinajstić information content (AvgIpc) is 2.71. The Morgan fingerprint density at radius 3 is 2.44 bits per heavy atom. The number of thiophene rings is 1. The second kappa shape index (κ2) is 5.96. The Balaban J connectivity index is 2.23. The second-order valence-corrected chi connectivity index (χ2v) is 5.69. The van der Waals surface area contributed by atoms with Crippen LogP contribution in [0.3, 0.4) is 0 Å². The second-order valence-electron chi connectivity index (χ2n) is 3.96. The Hall–Kier alpha value is -0.700. The summed E-state index contributed by atoms with van der Waals surface area (Å²) in [5.41, 5.74) is 2.11. The molecule has 0 aliphatic heterocycles. The van der Waals surface area contributed by atoms with Crippen molar-refractivity contribution in [1.29, 1.82) is 0 Å². The molecule has 0 aliphatic rings. The Morgan fingerprint density at radius 2 is 1.94 bits per heavy atom. The first-order chi connectivity index (χ1) is 8.63. The molecule has 1 aromatic heterocycles. The van der Waals surface area contributed by atoms with Crippen LogP contribution in [0.1, 0.15) is 28.3 Å². The van der Waals surface area contributed by atoms with Gasteiger partial charge in [-0.25, -0.2) is 0 Å². The van der Waals surface area contributed by atoms with Crippen LogP contribution < -0.4 is 4.74 Å². The van der Waals surface area contributed by atoms with Crippen molar-refractivity contribution >= 4 is 34.5 Å². The molecule has 4 heteroatoms. The van der Waals surface area contributed by atoms with E-state index in [4.69, 9.17) is 27.9 Å². The summed E-state index contributed by atoms with van der Waals surface area (Å²) in [7, 11) is 0. The van der Waals surface area contributed by atoms with Crippen molar-refractivity contribution in [2.24, 2.45) is 0 Å². The maximum atomic E-state index is 6.46. The van der Waals surface area contributed by atoms with Crippen molar-refractivity contribution < 1.29 is 4.74 Å². The molecule has 0 saturated carbocycles. The highest BCUT2D eigenvalue weighted by Gasteiger charge is 2.17. The number of aryl methyl sites for hydroxylation is 1. The minimum Gasteiger partial charge on any atom is -0.494 e. The number of hydrogen-bond donors (Lipinski definition) is 0. The van der Waals surface area contributed by atoms with Crippen LogP contribution in [-0.2, 0) is 0 Å². The zero-order valence-corrected chi connectivity index (χ0v) is 12.6. The van der Waals surface area contributed by atoms with Gasteiger partial charge in [-0.15, -0.1) is 22.9 Å². The summed E-state index contributed by atoms with van der Waals surface area (Å²) in [5.74, 6) is 0.860. The van der Waals surface area contributed by atoms with E-state index in [1.165, 1.54) is 0 Å². The number of ether oxygens (including phenoxy) is 1. The smallest absolute Gasteiger partial charge is 0.119 e. The van der Waals surface area contributed by atoms with Gasteiger partial charge in [0.05, 0.1) is 17.0 Å². The molecule has 2 rings (SSSR count). The van der Waals surface area contributed by atoms with Crippen molar-refractivity contribution in [3.8, 4) is 5.75 Å². The molecule has 1 heterocycles. The molecule has 0 spiro atoms. The fraction of sp³-hybridized carbons (Fsp3) is 0.286. The first-order valence-corrected chi connectivity index (χ1v) is 7.43. The summed E-state index contributed by atoms with van der Waals surface area (Å²) >= 11 is 14.3. The van der Waals surface area contributed by atoms with Gasteiger partial charge in [0.2, 0.25) is 0 Å². The zero-order valence-electron chi connectivity index (χ0n) is 10.2. The quantitative estimate of drug-likeness (QED) is 0.683. The summed E-state index contributed by atoms with van der Waals surface area (Å²) in [4.78, 5) is 1.000. The minimum absolute atomic E-state index is 0.202. The Labute approximate surface area is 121 Å². The fourth-order valence-electron chi connectivity index (χ4n) is 1.67. The van der Waals surface area contributed by atoms with Crippen LogP contribution in [0.4, 0.5) is 0 Å². The largest absolute Gasteiger partial charge is 0.494 e. The van der Waals surface area contributed by atoms with E-state index >= 15 is 0 Å². The molecule has 0 N–H and O–H groups in total. The van der Waals surface area contributed by atoms with Gasteiger partial charge in [-0.3, -0.25) is 0 Å². The van der Waals surface area contributed by atoms with Gasteiger partial charge >= 0.3 is 0 Å². The van der Waals surface area contributed by atoms with Crippen LogP contribution in [0.15, 0.2) is 29.6 Å². The first-order valence-electron chi connectivity index (χ1n) is 5.73. The molecule has 96 valence electrons. The lowest BCUT2D eigenvalue weighted by atomic mass is 10.1. The van der Waals surface area contributed by atoms with Crippen LogP contribution in [-0.4, -0.2) is 6.61 Å². The van der Waals surface area contributed by atoms with E-state index in [-0.39, 0.29) is 5.38 Å². The van der Waals surface area contributed by atoms with Gasteiger partial charge in [0.25, 0.3) is 0 Å². The van der Waals surface area contributed by atoms with Crippen molar-refractivity contribution in [2.75, 3.05) is 6.61 Å². The van der Waals surface area contributed by atoms with E-state index < -0.39 is 0 Å². The summed E-state index contributed by atoms with van der Waals surface area (Å²) < 4.78 is 5.41. The minimum atomic E-state index is -0.202. The topological polar surface area (TPSA) is 9.23 Å². The van der Waals surface area contributed by atoms with Crippen molar-refractivity contribution in [3.05, 3.63) is 50.7 Å². The summed E-state index contributed by atoms with van der Waals surface area (Å²) in [6.45, 7) is 4.62. The molecule has 1 nitrogen and oxygen atoms in total. The van der Waals surface area contributed by atoms with Crippen molar-refractivity contribution in [3.63, 3.8) is 0 Å². The first kappa shape index (κ1) is 13.7. The number of alkyl halides is 1. The zero-order chi connectivity index (χ0) is 13.1. The molecule has 0 fully saturated rings. The van der Waals surface area contributed by atoms with Gasteiger partial charge in [0, 0.05) is 4.88 Å². The third kappa shape index (κ3) is 2.82. The van der Waals surface area contributed by atoms with E-state index in [0.717, 1.165) is 26.8 Å². The fourth-order valence-corrected chi connectivity index (χ4v) is 3.44. The lowest BCUT2D eigenvalue weighted by Crippen LogP contribution is -1.94. The standard InChI is InChI=1S/C14H14Cl2OS/c1-3-17-11-6-4-10(5-7-11)13(16)14-12(15)9(2)8-18-14/h4-8,13H,3H2,1-2H3. The van der Waals surface area contributed by atoms with E-state index in [0.29, 0.717) is 6.61 Å². The monoisotopic (exact) mass is 300 g/mol. The lowest BCUT2D eigenvalue weighted by molar-refractivity contribution is 0.340. The van der Waals surface area contributed by atoms with E-state index in [1.54, 1.807) is 11.3 Å². The number of hydrogen-bond acceptors (Lipinski definition) is 2. The molecule has 0 saturated heterocycles. The molecule has 0 amide bonds. The SMILES string of the molecule is CCOc1ccc(C(Cl)c2scc(C)c2Cl)cc1. The summed E-state index contributed by atoms with van der Waals surface area (Å²) in [5, 5.41) is 2.60. The van der Waals surface area contributed by atoms with Gasteiger partial charge in [0.1, 0.15) is 5.75 Å². The molecular formula is C14H14Cl2OS. The summed E-state index contributed by atoms with van der Waals surface area (Å²) in [6, 6.07) is 7.83. The Kier molecular flexibility index (Phi) is 4.55. The van der Waals surface area contributed by atoms with Crippen LogP contribution >= 0.6 is 34.5 Å². The molecule has 1 atom stereocenters. The van der Waals surface area contributed by atoms with Crippen molar-refractivity contribution in [2.45, 2.75) is 19.2 Å². The molecule has 0 radical (unpaired) electrons. The molecule has 1 unspecified atom stereocenters. The third-order valence-electron chi connectivity index (χ3n) is 2.64. The maximum Gasteiger partial charge on any atom is 0.119 e. The molecule has 0 aliphatic carbocycles. The lowest BCUT2D eigenvalue weighted by Gasteiger charge is -2.10. The Morgan fingerprint density at radius 1 is 1.28 bits per heavy atom. The van der Waals surface area contributed by atoms with E-state index in [9.17, 15) is 0 Å². The molecule has 0 bridgehead atoms. The molecule has 2 aromatic rings. The molecule has 1 aromatic carbocycles. The van der Waals surface area contributed by atoms with Gasteiger partial charge in [0.15, 0.2) is 0 Å². The van der Waals surface area contributed by atoms with Gasteiger partial charge in [-0.05, 0) is 42.5 Å². The molecule has 18 heavy (non-hydrogen) atoms. The van der Waals surface area contributed by atoms with Gasteiger partial charge in [-0.2, -0.15) is 0 Å². The predicted octanol–water partition coefficient (Wildman–Crippen LogP) is 5.44. The highest BCUT2D eigenvalue weighted by Crippen LogP contribution is 2.39. The maximum absolute atomic E-state index is 6.46. The number of rotatable bonds is 4. The van der Waals surface area contributed by atoms with Crippen LogP contribution in [0.25, 0.3) is 0 Å².